The molecule has 216 valence electrons. The molecule has 0 aliphatic carbocycles. The van der Waals surface area contributed by atoms with Gasteiger partial charge in [-0.2, -0.15) is 0 Å². The molecule has 0 spiro atoms. The Bertz CT molecular complexity index is 1290. The zero-order valence-corrected chi connectivity index (χ0v) is 25.3. The van der Waals surface area contributed by atoms with Gasteiger partial charge in [-0.15, -0.1) is 0 Å². The number of hydrogen-bond donors (Lipinski definition) is 2. The third-order valence-electron chi connectivity index (χ3n) is 7.05. The maximum atomic E-state index is 12.9. The Kier molecular flexibility index (Phi) is 9.80. The van der Waals surface area contributed by atoms with Crippen LogP contribution in [0.2, 0.25) is 25.7 Å². The molecule has 40 heavy (non-hydrogen) atoms. The lowest BCUT2D eigenvalue weighted by atomic mass is 10.00. The number of fused-ring (bicyclic) bond motifs is 1. The summed E-state index contributed by atoms with van der Waals surface area (Å²) in [6.07, 6.45) is 4.83. The SMILES string of the molecule is CCNC(=O)c1cn(COCC[Si](C)(C)C)c2ncc(N[C@@H]3CC[C@H](C)N(C(=O)OCc4ccccc4)C3)nc12. The molecule has 0 bridgehead atoms. The number of nitrogens with one attached hydrogen (secondary N) is 2. The second-order valence-corrected chi connectivity index (χ2v) is 17.2. The fraction of sp³-hybridized carbons (Fsp3) is 0.517. The molecule has 2 atom stereocenters. The number of aromatic nitrogens is 3. The summed E-state index contributed by atoms with van der Waals surface area (Å²) >= 11 is 0. The van der Waals surface area contributed by atoms with Gasteiger partial charge in [0.05, 0.1) is 11.8 Å². The molecule has 2 amide bonds. The third kappa shape index (κ3) is 7.82. The smallest absolute Gasteiger partial charge is 0.410 e. The average Bonchev–Trinajstić information content (AvgIpc) is 3.29. The monoisotopic (exact) mass is 566 g/mol. The number of benzene rings is 1. The van der Waals surface area contributed by atoms with E-state index in [0.29, 0.717) is 49.0 Å². The van der Waals surface area contributed by atoms with Crippen LogP contribution in [-0.4, -0.2) is 71.3 Å². The number of carbonyl (C=O) groups is 2. The molecule has 3 heterocycles. The first kappa shape index (κ1) is 29.5. The van der Waals surface area contributed by atoms with Crippen molar-refractivity contribution in [2.45, 2.75) is 77.8 Å². The van der Waals surface area contributed by atoms with Gasteiger partial charge >= 0.3 is 6.09 Å². The maximum absolute atomic E-state index is 12.9. The number of rotatable bonds is 11. The zero-order chi connectivity index (χ0) is 28.7. The quantitative estimate of drug-likeness (QED) is 0.246. The predicted octanol–water partition coefficient (Wildman–Crippen LogP) is 5.09. The summed E-state index contributed by atoms with van der Waals surface area (Å²) < 4.78 is 13.4. The van der Waals surface area contributed by atoms with Crippen molar-refractivity contribution >= 4 is 37.1 Å². The molecule has 1 aliphatic rings. The normalized spacial score (nSPS) is 17.6. The molecular formula is C29H42N6O4Si. The van der Waals surface area contributed by atoms with Gasteiger partial charge in [-0.05, 0) is 38.3 Å². The molecule has 1 aliphatic heterocycles. The summed E-state index contributed by atoms with van der Waals surface area (Å²) in [5.74, 6) is 0.367. The van der Waals surface area contributed by atoms with E-state index in [0.717, 1.165) is 24.4 Å². The van der Waals surface area contributed by atoms with Crippen LogP contribution in [0.5, 0.6) is 0 Å². The lowest BCUT2D eigenvalue weighted by molar-refractivity contribution is 0.0695. The standard InChI is InChI=1S/C29H42N6O4Si/c1-6-30-28(36)24-18-34(20-38-14-15-40(3,4)5)27-26(24)33-25(16-31-27)32-23-13-12-21(2)35(17-23)29(37)39-19-22-10-8-7-9-11-22/h7-11,16,18,21,23H,6,12-15,17,19-20H2,1-5H3,(H,30,36)(H,32,33)/t21-,23+/m0/s1. The van der Waals surface area contributed by atoms with E-state index in [1.54, 1.807) is 17.3 Å². The molecule has 4 rings (SSSR count). The van der Waals surface area contributed by atoms with E-state index in [1.807, 2.05) is 48.7 Å². The number of amides is 2. The van der Waals surface area contributed by atoms with Crippen molar-refractivity contribution in [3.63, 3.8) is 0 Å². The summed E-state index contributed by atoms with van der Waals surface area (Å²) in [4.78, 5) is 36.9. The Morgan fingerprint density at radius 1 is 1.15 bits per heavy atom. The number of anilines is 1. The molecule has 11 heteroatoms. The largest absolute Gasteiger partial charge is 0.445 e. The van der Waals surface area contributed by atoms with Crippen LogP contribution >= 0.6 is 0 Å². The molecular weight excluding hydrogens is 524 g/mol. The highest BCUT2D eigenvalue weighted by Crippen LogP contribution is 2.24. The van der Waals surface area contributed by atoms with Crippen molar-refractivity contribution in [1.82, 2.24) is 24.8 Å². The first-order valence-corrected chi connectivity index (χ1v) is 17.8. The molecule has 1 fully saturated rings. The van der Waals surface area contributed by atoms with Crippen molar-refractivity contribution in [3.8, 4) is 0 Å². The number of nitrogens with zero attached hydrogens (tertiary/aromatic N) is 4. The fourth-order valence-electron chi connectivity index (χ4n) is 4.67. The van der Waals surface area contributed by atoms with Crippen LogP contribution in [0.4, 0.5) is 10.6 Å². The minimum atomic E-state index is -1.21. The topological polar surface area (TPSA) is 111 Å². The fourth-order valence-corrected chi connectivity index (χ4v) is 5.43. The Hall–Kier alpha value is -3.44. The van der Waals surface area contributed by atoms with Crippen LogP contribution in [0.15, 0.2) is 42.7 Å². The van der Waals surface area contributed by atoms with Gasteiger partial charge < -0.3 is 29.6 Å². The third-order valence-corrected chi connectivity index (χ3v) is 8.75. The summed E-state index contributed by atoms with van der Waals surface area (Å²) in [6.45, 7) is 13.1. The van der Waals surface area contributed by atoms with Crippen molar-refractivity contribution in [2.75, 3.05) is 25.0 Å². The lowest BCUT2D eigenvalue weighted by Gasteiger charge is -2.37. The highest BCUT2D eigenvalue weighted by molar-refractivity contribution is 6.76. The number of piperidine rings is 1. The van der Waals surface area contributed by atoms with Gasteiger partial charge in [-0.1, -0.05) is 50.0 Å². The van der Waals surface area contributed by atoms with E-state index < -0.39 is 8.07 Å². The zero-order valence-electron chi connectivity index (χ0n) is 24.3. The van der Waals surface area contributed by atoms with Gasteiger partial charge in [-0.25, -0.2) is 14.8 Å². The van der Waals surface area contributed by atoms with Crippen molar-refractivity contribution in [2.24, 2.45) is 0 Å². The Labute approximate surface area is 237 Å². The molecule has 1 saturated heterocycles. The summed E-state index contributed by atoms with van der Waals surface area (Å²) in [5.41, 5.74) is 2.54. The van der Waals surface area contributed by atoms with Crippen LogP contribution in [0, 0.1) is 0 Å². The maximum Gasteiger partial charge on any atom is 0.410 e. The lowest BCUT2D eigenvalue weighted by Crippen LogP contribution is -2.49. The van der Waals surface area contributed by atoms with Crippen molar-refractivity contribution < 1.29 is 19.1 Å². The molecule has 0 saturated carbocycles. The summed E-state index contributed by atoms with van der Waals surface area (Å²) in [7, 11) is -1.21. The first-order chi connectivity index (χ1) is 19.1. The van der Waals surface area contributed by atoms with Gasteiger partial charge in [0.15, 0.2) is 5.65 Å². The van der Waals surface area contributed by atoms with E-state index in [-0.39, 0.29) is 30.7 Å². The number of likely N-dealkylation sites (tertiary alicyclic amines) is 1. The van der Waals surface area contributed by atoms with E-state index in [4.69, 9.17) is 14.5 Å². The first-order valence-electron chi connectivity index (χ1n) is 14.1. The highest BCUT2D eigenvalue weighted by Gasteiger charge is 2.30. The molecule has 0 unspecified atom stereocenters. The molecule has 0 radical (unpaired) electrons. The van der Waals surface area contributed by atoms with Gasteiger partial charge in [0.25, 0.3) is 5.91 Å². The van der Waals surface area contributed by atoms with E-state index in [1.165, 1.54) is 0 Å². The molecule has 2 aromatic heterocycles. The predicted molar refractivity (Wildman–Crippen MR) is 159 cm³/mol. The minimum absolute atomic E-state index is 0.0212. The van der Waals surface area contributed by atoms with Crippen LogP contribution in [0.1, 0.15) is 42.6 Å². The van der Waals surface area contributed by atoms with Crippen LogP contribution < -0.4 is 10.6 Å². The minimum Gasteiger partial charge on any atom is -0.445 e. The van der Waals surface area contributed by atoms with E-state index in [2.05, 4.69) is 35.3 Å². The summed E-state index contributed by atoms with van der Waals surface area (Å²) in [6, 6.07) is 10.8. The number of carbonyl (C=O) groups excluding carboxylic acids is 2. The Balaban J connectivity index is 1.45. The molecule has 3 aromatic rings. The summed E-state index contributed by atoms with van der Waals surface area (Å²) in [5, 5.41) is 6.31. The highest BCUT2D eigenvalue weighted by atomic mass is 28.3. The second kappa shape index (κ2) is 13.3. The van der Waals surface area contributed by atoms with Crippen LogP contribution in [-0.2, 0) is 22.8 Å². The molecule has 2 N–H and O–H groups in total. The van der Waals surface area contributed by atoms with Gasteiger partial charge in [0.1, 0.15) is 24.7 Å². The molecule has 1 aromatic carbocycles. The Morgan fingerprint density at radius 3 is 2.65 bits per heavy atom. The van der Waals surface area contributed by atoms with Gasteiger partial charge in [0, 0.05) is 46.1 Å². The van der Waals surface area contributed by atoms with Crippen molar-refractivity contribution in [1.29, 1.82) is 0 Å². The number of ether oxygens (including phenoxy) is 2. The van der Waals surface area contributed by atoms with Crippen LogP contribution in [0.3, 0.4) is 0 Å². The van der Waals surface area contributed by atoms with Crippen LogP contribution in [0.25, 0.3) is 11.2 Å². The molecule has 10 nitrogen and oxygen atoms in total. The average molecular weight is 567 g/mol. The Morgan fingerprint density at radius 2 is 1.93 bits per heavy atom. The second-order valence-electron chi connectivity index (χ2n) is 11.6. The van der Waals surface area contributed by atoms with Crippen molar-refractivity contribution in [3.05, 3.63) is 53.9 Å². The number of hydrogen-bond acceptors (Lipinski definition) is 7. The van der Waals surface area contributed by atoms with E-state index in [9.17, 15) is 9.59 Å². The van der Waals surface area contributed by atoms with Gasteiger partial charge in [0.2, 0.25) is 0 Å². The van der Waals surface area contributed by atoms with E-state index >= 15 is 0 Å². The van der Waals surface area contributed by atoms with Gasteiger partial charge in [-0.3, -0.25) is 4.79 Å².